The summed E-state index contributed by atoms with van der Waals surface area (Å²) in [6.07, 6.45) is 1.99. The Labute approximate surface area is 231 Å². The van der Waals surface area contributed by atoms with Gasteiger partial charge in [-0.2, -0.15) is 8.42 Å². The number of nitrogens with one attached hydrogen (secondary N) is 1. The minimum absolute atomic E-state index is 0.0301. The van der Waals surface area contributed by atoms with Crippen molar-refractivity contribution < 1.29 is 60.8 Å². The number of methoxy groups -OCH3 is 1. The first-order valence-electron chi connectivity index (χ1n) is 11.4. The maximum Gasteiger partial charge on any atom is 0.446 e. The highest BCUT2D eigenvalue weighted by atomic mass is 32.3. The molecule has 0 aliphatic carbocycles. The fraction of sp³-hybridized carbons (Fsp3) is 0.348. The van der Waals surface area contributed by atoms with Crippen LogP contribution in [0.3, 0.4) is 0 Å². The molecule has 40 heavy (non-hydrogen) atoms. The van der Waals surface area contributed by atoms with Crippen LogP contribution >= 0.6 is 11.8 Å². The molecule has 0 saturated carbocycles. The van der Waals surface area contributed by atoms with Gasteiger partial charge in [-0.25, -0.2) is 9.59 Å². The van der Waals surface area contributed by atoms with Gasteiger partial charge in [-0.1, -0.05) is 12.1 Å². The maximum atomic E-state index is 13.0. The third kappa shape index (κ3) is 7.17. The van der Waals surface area contributed by atoms with Gasteiger partial charge in [0.25, 0.3) is 11.6 Å². The maximum absolute atomic E-state index is 13.0. The van der Waals surface area contributed by atoms with Crippen LogP contribution in [0, 0.1) is 0 Å². The van der Waals surface area contributed by atoms with Crippen molar-refractivity contribution in [2.45, 2.75) is 30.4 Å². The highest BCUT2D eigenvalue weighted by Crippen LogP contribution is 2.46. The number of hydrogen-bond donors (Lipinski definition) is 4. The molecule has 0 aromatic heterocycles. The van der Waals surface area contributed by atoms with Gasteiger partial charge in [0.05, 0.1) is 0 Å². The minimum Gasteiger partial charge on any atom is -0.481 e. The number of fused-ring (bicyclic) bond motifs is 1. The highest BCUT2D eigenvalue weighted by molar-refractivity contribution is 8.00. The second-order valence-electron chi connectivity index (χ2n) is 8.35. The van der Waals surface area contributed by atoms with E-state index in [0.717, 1.165) is 22.7 Å². The van der Waals surface area contributed by atoms with E-state index >= 15 is 0 Å². The molecule has 216 valence electrons. The molecule has 3 rings (SSSR count). The third-order valence-electron chi connectivity index (χ3n) is 5.64. The zero-order chi connectivity index (χ0) is 29.7. The predicted molar refractivity (Wildman–Crippen MR) is 136 cm³/mol. The summed E-state index contributed by atoms with van der Waals surface area (Å²) in [5, 5.41) is 20.0. The van der Waals surface area contributed by atoms with Crippen LogP contribution in [0.5, 0.6) is 5.75 Å². The number of ether oxygens (including phenoxy) is 2. The van der Waals surface area contributed by atoms with Crippen molar-refractivity contribution >= 4 is 58.0 Å². The van der Waals surface area contributed by atoms with Crippen LogP contribution in [-0.4, -0.2) is 88.4 Å². The molecule has 1 aromatic carbocycles. The van der Waals surface area contributed by atoms with Crippen molar-refractivity contribution in [2.75, 3.05) is 19.5 Å². The van der Waals surface area contributed by atoms with E-state index in [1.54, 1.807) is 0 Å². The SMILES string of the molecule is CO[C@@]1(NC(=O)CCCC(=O)O)C(=O)N2C(C(=O)O)=C(COC(=O)/C=C/c3ccc(OS(=O)(=O)O)cc3)CSC21. The van der Waals surface area contributed by atoms with E-state index in [9.17, 15) is 37.5 Å². The van der Waals surface area contributed by atoms with Crippen LogP contribution in [0.25, 0.3) is 6.08 Å². The molecule has 17 heteroatoms. The minimum atomic E-state index is -4.68. The Morgan fingerprint density at radius 1 is 1.18 bits per heavy atom. The summed E-state index contributed by atoms with van der Waals surface area (Å²) in [4.78, 5) is 61.2. The molecule has 1 fully saturated rings. The molecule has 2 aliphatic heterocycles. The Hall–Kier alpha value is -3.93. The number of aliphatic carboxylic acids is 2. The van der Waals surface area contributed by atoms with Crippen LogP contribution in [0.1, 0.15) is 24.8 Å². The Morgan fingerprint density at radius 3 is 2.42 bits per heavy atom. The van der Waals surface area contributed by atoms with Gasteiger partial charge in [-0.15, -0.1) is 11.8 Å². The largest absolute Gasteiger partial charge is 0.481 e. The molecular formula is C23H24N2O13S2. The number of thioether (sulfide) groups is 1. The van der Waals surface area contributed by atoms with Gasteiger partial charge in [-0.05, 0) is 30.2 Å². The summed E-state index contributed by atoms with van der Waals surface area (Å²) in [7, 11) is -3.50. The Morgan fingerprint density at radius 2 is 1.85 bits per heavy atom. The number of carboxylic acids is 2. The average Bonchev–Trinajstić information content (AvgIpc) is 2.88. The van der Waals surface area contributed by atoms with Gasteiger partial charge in [0.15, 0.2) is 0 Å². The molecule has 15 nitrogen and oxygen atoms in total. The smallest absolute Gasteiger partial charge is 0.446 e. The van der Waals surface area contributed by atoms with Crippen LogP contribution in [-0.2, 0) is 43.8 Å². The number of carbonyl (C=O) groups is 5. The number of carbonyl (C=O) groups excluding carboxylic acids is 3. The zero-order valence-electron chi connectivity index (χ0n) is 20.8. The first-order chi connectivity index (χ1) is 18.8. The van der Waals surface area contributed by atoms with Gasteiger partial charge in [-0.3, -0.25) is 23.8 Å². The molecule has 0 spiro atoms. The van der Waals surface area contributed by atoms with E-state index in [0.29, 0.717) is 5.56 Å². The summed E-state index contributed by atoms with van der Waals surface area (Å²) in [6, 6.07) is 5.27. The lowest BCUT2D eigenvalue weighted by Crippen LogP contribution is -2.80. The Kier molecular flexibility index (Phi) is 9.56. The highest BCUT2D eigenvalue weighted by Gasteiger charge is 2.66. The Bertz CT molecular complexity index is 1370. The number of amides is 2. The fourth-order valence-electron chi connectivity index (χ4n) is 3.85. The number of rotatable bonds is 13. The number of nitrogens with zero attached hydrogens (tertiary/aromatic N) is 1. The van der Waals surface area contributed by atoms with E-state index in [4.69, 9.17) is 19.1 Å². The molecule has 1 saturated heterocycles. The molecule has 2 atom stereocenters. The van der Waals surface area contributed by atoms with E-state index in [-0.39, 0.29) is 36.3 Å². The first-order valence-corrected chi connectivity index (χ1v) is 13.8. The van der Waals surface area contributed by atoms with Crippen molar-refractivity contribution in [1.29, 1.82) is 0 Å². The van der Waals surface area contributed by atoms with Crippen LogP contribution < -0.4 is 9.50 Å². The summed E-state index contributed by atoms with van der Waals surface area (Å²) in [5.41, 5.74) is -1.66. The molecule has 2 aliphatic rings. The van der Waals surface area contributed by atoms with E-state index in [1.165, 1.54) is 37.5 Å². The standard InChI is InChI=1S/C23H24N2O13S2/c1-36-23(24-16(26)3-2-4-17(27)28)21(32)25-19(20(30)31)14(12-39-22(23)25)11-37-18(29)10-7-13-5-8-15(9-6-13)38-40(33,34)35/h5-10,22H,2-4,11-12H2,1H3,(H,24,26)(H,27,28)(H,30,31)(H,33,34,35)/b10-7+/t22?,23-/m0/s1. The van der Waals surface area contributed by atoms with Gasteiger partial charge in [0, 0.05) is 37.4 Å². The summed E-state index contributed by atoms with van der Waals surface area (Å²) >= 11 is 1.08. The summed E-state index contributed by atoms with van der Waals surface area (Å²) < 4.78 is 44.9. The van der Waals surface area contributed by atoms with E-state index in [2.05, 4.69) is 9.50 Å². The number of esters is 1. The van der Waals surface area contributed by atoms with Crippen molar-refractivity contribution in [3.8, 4) is 5.75 Å². The third-order valence-corrected chi connectivity index (χ3v) is 7.41. The number of carboxylic acid groups (broad SMARTS) is 2. The molecule has 1 aromatic rings. The summed E-state index contributed by atoms with van der Waals surface area (Å²) in [5.74, 6) is -4.97. The van der Waals surface area contributed by atoms with Crippen molar-refractivity contribution in [1.82, 2.24) is 10.2 Å². The number of hydrogen-bond acceptors (Lipinski definition) is 11. The normalized spacial score (nSPS) is 20.5. The van der Waals surface area contributed by atoms with Crippen LogP contribution in [0.2, 0.25) is 0 Å². The van der Waals surface area contributed by atoms with E-state index in [1.807, 2.05) is 0 Å². The first kappa shape index (κ1) is 30.6. The van der Waals surface area contributed by atoms with Gasteiger partial charge < -0.3 is 29.2 Å². The number of β-lactam (4-membered cyclic amide) rings is 1. The zero-order valence-corrected chi connectivity index (χ0v) is 22.4. The second kappa shape index (κ2) is 12.5. The number of benzene rings is 1. The molecule has 4 N–H and O–H groups in total. The summed E-state index contributed by atoms with van der Waals surface area (Å²) in [6.45, 7) is -0.447. The van der Waals surface area contributed by atoms with Crippen LogP contribution in [0.4, 0.5) is 0 Å². The average molecular weight is 601 g/mol. The lowest BCUT2D eigenvalue weighted by Gasteiger charge is -2.55. The molecule has 2 heterocycles. The molecule has 0 bridgehead atoms. The van der Waals surface area contributed by atoms with E-state index < -0.39 is 63.5 Å². The second-order valence-corrected chi connectivity index (χ2v) is 10.4. The lowest BCUT2D eigenvalue weighted by atomic mass is 9.98. The van der Waals surface area contributed by atoms with Crippen molar-refractivity contribution in [3.63, 3.8) is 0 Å². The predicted octanol–water partition coefficient (Wildman–Crippen LogP) is 0.392. The fourth-order valence-corrected chi connectivity index (χ4v) is 5.63. The molecule has 0 radical (unpaired) electrons. The van der Waals surface area contributed by atoms with Crippen molar-refractivity contribution in [3.05, 3.63) is 47.2 Å². The van der Waals surface area contributed by atoms with Gasteiger partial charge in [0.1, 0.15) is 23.4 Å². The molecule has 2 amide bonds. The lowest BCUT2D eigenvalue weighted by molar-refractivity contribution is -0.192. The van der Waals surface area contributed by atoms with Crippen molar-refractivity contribution in [2.24, 2.45) is 0 Å². The topological polar surface area (TPSA) is 223 Å². The monoisotopic (exact) mass is 600 g/mol. The van der Waals surface area contributed by atoms with Crippen LogP contribution in [0.15, 0.2) is 41.6 Å². The molecule has 1 unspecified atom stereocenters. The quantitative estimate of drug-likeness (QED) is 0.0791. The van der Waals surface area contributed by atoms with Gasteiger partial charge in [0.2, 0.25) is 5.91 Å². The van der Waals surface area contributed by atoms with Gasteiger partial charge >= 0.3 is 28.3 Å². The Balaban J connectivity index is 1.65. The molecular weight excluding hydrogens is 576 g/mol.